The highest BCUT2D eigenvalue weighted by Gasteiger charge is 2.48. The lowest BCUT2D eigenvalue weighted by atomic mass is 9.31. The predicted molar refractivity (Wildman–Crippen MR) is 338 cm³/mol. The number of nitrogens with zero attached hydrogens (tertiary/aromatic N) is 5. The van der Waals surface area contributed by atoms with E-state index in [0.717, 1.165) is 78.6 Å². The van der Waals surface area contributed by atoms with Crippen LogP contribution in [-0.4, -0.2) is 18.1 Å². The van der Waals surface area contributed by atoms with Gasteiger partial charge in [-0.25, -0.2) is 0 Å². The molecule has 370 valence electrons. The van der Waals surface area contributed by atoms with E-state index in [1.165, 1.54) is 60.4 Å². The molecule has 0 atom stereocenters. The van der Waals surface area contributed by atoms with Gasteiger partial charge in [0.25, 0.3) is 6.71 Å². The Morgan fingerprint density at radius 1 is 0.418 bits per heavy atom. The minimum Gasteiger partial charge on any atom is -0.376 e. The second kappa shape index (κ2) is 18.0. The number of thiol groups is 1. The lowest BCUT2D eigenvalue weighted by molar-refractivity contribution is 1.18. The molecule has 0 radical (unpaired) electrons. The predicted octanol–water partition coefficient (Wildman–Crippen LogP) is 15.9. The molecule has 4 bridgehead atoms. The Hall–Kier alpha value is -9.62. The number of hydrogen-bond donors (Lipinski definition) is 1. The zero-order chi connectivity index (χ0) is 52.3. The minimum atomic E-state index is -0.228. The van der Waals surface area contributed by atoms with Gasteiger partial charge < -0.3 is 24.1 Å². The number of benzene rings is 11. The van der Waals surface area contributed by atoms with Gasteiger partial charge in [-0.05, 0) is 161 Å². The van der Waals surface area contributed by atoms with Crippen molar-refractivity contribution >= 4 is 132 Å². The van der Waals surface area contributed by atoms with Crippen LogP contribution in [0.5, 0.6) is 0 Å². The molecule has 5 nitrogen and oxygen atoms in total. The van der Waals surface area contributed by atoms with Gasteiger partial charge in [-0.3, -0.25) is 0 Å². The highest BCUT2D eigenvalue weighted by Crippen LogP contribution is 2.51. The number of para-hydroxylation sites is 7. The Balaban J connectivity index is 1.01. The van der Waals surface area contributed by atoms with Gasteiger partial charge in [-0.1, -0.05) is 158 Å². The molecule has 1 aromatic heterocycles. The average Bonchev–Trinajstić information content (AvgIpc) is 4.04. The van der Waals surface area contributed by atoms with Crippen LogP contribution in [0.25, 0.3) is 44.1 Å². The summed E-state index contributed by atoms with van der Waals surface area (Å²) in [7, 11) is 0. The molecule has 0 fully saturated rings. The number of fused-ring (bicyclic) bond motifs is 15. The molecular weight excluding hydrogens is 977 g/mol. The molecule has 0 aliphatic carbocycles. The van der Waals surface area contributed by atoms with Crippen LogP contribution in [0.2, 0.25) is 0 Å². The fourth-order valence-corrected chi connectivity index (χ4v) is 13.9. The highest BCUT2D eigenvalue weighted by molar-refractivity contribution is 7.80. The van der Waals surface area contributed by atoms with Crippen molar-refractivity contribution < 1.29 is 0 Å². The molecule has 16 rings (SSSR count). The van der Waals surface area contributed by atoms with Gasteiger partial charge in [0.15, 0.2) is 0 Å². The molecule has 0 N–H and O–H groups in total. The van der Waals surface area contributed by atoms with Crippen LogP contribution in [0.3, 0.4) is 0 Å². The number of rotatable bonds is 7. The first kappa shape index (κ1) is 45.6. The topological polar surface area (TPSA) is 17.9 Å². The molecule has 0 saturated carbocycles. The quantitative estimate of drug-likeness (QED) is 0.127. The molecule has 0 amide bonds. The van der Waals surface area contributed by atoms with Crippen LogP contribution >= 0.6 is 12.6 Å². The summed E-state index contributed by atoms with van der Waals surface area (Å²) in [5.74, 6) is 0. The number of aromatic nitrogens is 1. The first-order valence-electron chi connectivity index (χ1n) is 27.2. The molecule has 0 unspecified atom stereocenters. The minimum absolute atomic E-state index is 0.176. The van der Waals surface area contributed by atoms with E-state index in [1.54, 1.807) is 0 Å². The number of anilines is 10. The average molecular weight is 1030 g/mol. The Bertz CT molecular complexity index is 4410. The van der Waals surface area contributed by atoms with Gasteiger partial charge in [-0.15, -0.1) is 12.6 Å². The van der Waals surface area contributed by atoms with Crippen molar-refractivity contribution in [1.29, 1.82) is 0 Å². The van der Waals surface area contributed by atoms with E-state index in [4.69, 9.17) is 12.6 Å². The van der Waals surface area contributed by atoms with Gasteiger partial charge in [0.1, 0.15) is 0 Å². The first-order valence-corrected chi connectivity index (χ1v) is 27.7. The summed E-state index contributed by atoms with van der Waals surface area (Å²) < 4.78 is 2.44. The van der Waals surface area contributed by atoms with Crippen molar-refractivity contribution in [3.63, 3.8) is 0 Å². The molecule has 0 spiro atoms. The van der Waals surface area contributed by atoms with E-state index in [9.17, 15) is 0 Å². The van der Waals surface area contributed by atoms with Crippen molar-refractivity contribution in [3.8, 4) is 16.8 Å². The summed E-state index contributed by atoms with van der Waals surface area (Å²) in [6, 6.07) is 96.3. The van der Waals surface area contributed by atoms with Gasteiger partial charge in [-0.2, -0.15) is 0 Å². The van der Waals surface area contributed by atoms with Crippen LogP contribution in [0, 0.1) is 0 Å². The molecule has 4 aliphatic rings. The standard InChI is InChI=1S/C71H49B2N5S/c1-2-22-65-70-47-23-21-32-53(41-47)78-64-38-20-17-35-57(64)58-42-52(77-62-36-18-15-33-55(62)56-34-16-19-37-63(56)77)39-40-59(58)73(78)61-45-60-66(46-69(61)79)76(51-30-13-6-14-31-51)68-44-54(74(48-24-7-3-8-25-48)49-26-9-4-10-27-49)43-67(71(68)72(60)70)75(65)50-28-11-5-12-29-50/h2-46,79H,1H3/b22-2-. The van der Waals surface area contributed by atoms with Crippen LogP contribution in [0.1, 0.15) is 12.5 Å². The van der Waals surface area contributed by atoms with Gasteiger partial charge >= 0.3 is 6.85 Å². The molecular formula is C71H49B2N5S. The van der Waals surface area contributed by atoms with Crippen molar-refractivity contribution in [2.45, 2.75) is 11.8 Å². The van der Waals surface area contributed by atoms with Crippen molar-refractivity contribution in [3.05, 3.63) is 284 Å². The molecule has 79 heavy (non-hydrogen) atoms. The van der Waals surface area contributed by atoms with Gasteiger partial charge in [0, 0.05) is 83.8 Å². The zero-order valence-electron chi connectivity index (χ0n) is 43.3. The van der Waals surface area contributed by atoms with E-state index in [0.29, 0.717) is 0 Å². The Kier molecular flexibility index (Phi) is 10.4. The van der Waals surface area contributed by atoms with Gasteiger partial charge in [0.05, 0.1) is 16.7 Å². The third-order valence-electron chi connectivity index (χ3n) is 16.7. The molecule has 12 aromatic rings. The summed E-state index contributed by atoms with van der Waals surface area (Å²) in [5, 5.41) is 2.50. The van der Waals surface area contributed by atoms with Crippen LogP contribution in [0.4, 0.5) is 56.9 Å². The van der Waals surface area contributed by atoms with Crippen LogP contribution in [-0.2, 0) is 0 Å². The van der Waals surface area contributed by atoms with E-state index in [-0.39, 0.29) is 13.6 Å². The molecule has 8 heteroatoms. The summed E-state index contributed by atoms with van der Waals surface area (Å²) in [6.45, 7) is 1.74. The highest BCUT2D eigenvalue weighted by atomic mass is 32.1. The molecule has 4 aliphatic heterocycles. The monoisotopic (exact) mass is 1030 g/mol. The lowest BCUT2D eigenvalue weighted by Gasteiger charge is -2.47. The summed E-state index contributed by atoms with van der Waals surface area (Å²) in [4.78, 5) is 10.9. The van der Waals surface area contributed by atoms with Crippen molar-refractivity contribution in [1.82, 2.24) is 4.57 Å². The third kappa shape index (κ3) is 6.87. The largest absolute Gasteiger partial charge is 0.376 e. The fraction of sp³-hybridized carbons (Fsp3) is 0.0141. The fourth-order valence-electron chi connectivity index (χ4n) is 13.6. The molecule has 0 saturated heterocycles. The smallest absolute Gasteiger partial charge is 0.329 e. The second-order valence-corrected chi connectivity index (χ2v) is 21.4. The Morgan fingerprint density at radius 2 is 1.00 bits per heavy atom. The van der Waals surface area contributed by atoms with E-state index >= 15 is 0 Å². The lowest BCUT2D eigenvalue weighted by Crippen LogP contribution is -2.61. The molecule has 5 heterocycles. The van der Waals surface area contributed by atoms with Crippen LogP contribution < -0.4 is 41.4 Å². The maximum Gasteiger partial charge on any atom is 0.329 e. The number of hydrogen-bond acceptors (Lipinski definition) is 5. The Morgan fingerprint density at radius 3 is 1.67 bits per heavy atom. The number of allylic oxidation sites excluding steroid dienone is 2. The van der Waals surface area contributed by atoms with E-state index in [2.05, 4.69) is 304 Å². The summed E-state index contributed by atoms with van der Waals surface area (Å²) in [6.07, 6.45) is 4.55. The normalized spacial score (nSPS) is 13.7. The SMILES string of the molecule is C/C=C\C1=C2B3c4cc(c(S)cc4N(c4ccccc4)c4cc(N(c5ccccc5)c5ccccc5)cc(c43)N1c1ccccc1)B1c3ccc(-n4c5ccccc5c5ccccc54)cc3-c3ccccc3N1c1cccc2c1. The summed E-state index contributed by atoms with van der Waals surface area (Å²) in [5.41, 5.74) is 25.4. The van der Waals surface area contributed by atoms with Crippen LogP contribution in [0.15, 0.2) is 284 Å². The van der Waals surface area contributed by atoms with E-state index in [1.807, 2.05) is 0 Å². The first-order chi connectivity index (χ1) is 39.1. The zero-order valence-corrected chi connectivity index (χ0v) is 44.2. The summed E-state index contributed by atoms with van der Waals surface area (Å²) >= 11 is 5.70. The van der Waals surface area contributed by atoms with Gasteiger partial charge in [0.2, 0.25) is 0 Å². The van der Waals surface area contributed by atoms with E-state index < -0.39 is 0 Å². The van der Waals surface area contributed by atoms with Crippen molar-refractivity contribution in [2.24, 2.45) is 0 Å². The third-order valence-corrected chi connectivity index (χ3v) is 17.1. The maximum absolute atomic E-state index is 5.70. The molecule has 11 aromatic carbocycles. The van der Waals surface area contributed by atoms with Crippen molar-refractivity contribution in [2.75, 3.05) is 19.5 Å². The Labute approximate surface area is 466 Å². The maximum atomic E-state index is 5.70. The second-order valence-electron chi connectivity index (χ2n) is 20.9.